The predicted molar refractivity (Wildman–Crippen MR) is 145 cm³/mol. The zero-order chi connectivity index (χ0) is 25.6. The molecule has 5 rings (SSSR count). The van der Waals surface area contributed by atoms with Crippen LogP contribution >= 0.6 is 0 Å². The van der Waals surface area contributed by atoms with E-state index in [1.54, 1.807) is 36.9 Å². The lowest BCUT2D eigenvalue weighted by Gasteiger charge is -2.26. The Morgan fingerprint density at radius 1 is 1.24 bits per heavy atom. The van der Waals surface area contributed by atoms with Gasteiger partial charge in [0, 0.05) is 37.4 Å². The molecule has 10 nitrogen and oxygen atoms in total. The summed E-state index contributed by atoms with van der Waals surface area (Å²) in [5.74, 6) is 1.68. The number of ether oxygens (including phenoxy) is 1. The Kier molecular flexibility index (Phi) is 7.25. The SMILES string of the molecule is CN=CC=C(N)CN(C=O)Cc1ccc(OC[C@H]2CCCN2c2ncnc3nc[nH]c23)c2ccccc12. The van der Waals surface area contributed by atoms with Crippen LogP contribution in [0.3, 0.4) is 0 Å². The van der Waals surface area contributed by atoms with Gasteiger partial charge >= 0.3 is 0 Å². The number of hydrogen-bond acceptors (Lipinski definition) is 8. The second-order valence-corrected chi connectivity index (χ2v) is 9.03. The van der Waals surface area contributed by atoms with Crippen molar-refractivity contribution in [3.8, 4) is 5.75 Å². The highest BCUT2D eigenvalue weighted by Gasteiger charge is 2.28. The van der Waals surface area contributed by atoms with E-state index < -0.39 is 0 Å². The number of nitrogens with zero attached hydrogens (tertiary/aromatic N) is 6. The lowest BCUT2D eigenvalue weighted by atomic mass is 10.0. The Balaban J connectivity index is 1.34. The molecule has 2 aromatic carbocycles. The number of carbonyl (C=O) groups is 1. The van der Waals surface area contributed by atoms with Crippen molar-refractivity contribution in [3.63, 3.8) is 0 Å². The molecule has 1 amide bonds. The maximum atomic E-state index is 11.7. The van der Waals surface area contributed by atoms with E-state index in [2.05, 4.69) is 42.0 Å². The minimum absolute atomic E-state index is 0.187. The summed E-state index contributed by atoms with van der Waals surface area (Å²) in [6.45, 7) is 2.20. The average molecular weight is 499 g/mol. The molecule has 2 aromatic heterocycles. The normalized spacial score (nSPS) is 16.2. The number of aliphatic imine (C=N–C) groups is 1. The van der Waals surface area contributed by atoms with Crippen LogP contribution in [0, 0.1) is 0 Å². The standard InChI is InChI=1S/C27H30N8O2/c1-29-11-10-20(28)14-34(18-36)13-19-8-9-24(23-7-3-2-6-22(19)23)37-15-21-5-4-12-35(21)27-25-26(31-16-30-25)32-17-33-27/h2-3,6-11,16-18,21H,4-5,12-15,28H2,1H3,(H,30,31,32,33)/t21-/m1/s1. The molecule has 1 fully saturated rings. The number of rotatable bonds is 10. The molecule has 190 valence electrons. The average Bonchev–Trinajstić information content (AvgIpc) is 3.60. The van der Waals surface area contributed by atoms with Crippen molar-refractivity contribution < 1.29 is 9.53 Å². The Hall–Kier alpha value is -4.47. The number of aromatic nitrogens is 4. The van der Waals surface area contributed by atoms with E-state index in [4.69, 9.17) is 10.5 Å². The third kappa shape index (κ3) is 5.23. The molecule has 0 saturated carbocycles. The van der Waals surface area contributed by atoms with Crippen molar-refractivity contribution in [2.45, 2.75) is 25.4 Å². The summed E-state index contributed by atoms with van der Waals surface area (Å²) < 4.78 is 6.41. The monoisotopic (exact) mass is 498 g/mol. The Morgan fingerprint density at radius 3 is 2.95 bits per heavy atom. The van der Waals surface area contributed by atoms with Crippen LogP contribution in [0.15, 0.2) is 65.8 Å². The number of benzene rings is 2. The van der Waals surface area contributed by atoms with E-state index >= 15 is 0 Å². The fraction of sp³-hybridized carbons (Fsp3) is 0.296. The van der Waals surface area contributed by atoms with Gasteiger partial charge in [0.25, 0.3) is 0 Å². The summed E-state index contributed by atoms with van der Waals surface area (Å²) in [6, 6.07) is 12.3. The summed E-state index contributed by atoms with van der Waals surface area (Å²) in [7, 11) is 1.68. The number of H-pyrrole nitrogens is 1. The molecule has 1 saturated heterocycles. The van der Waals surface area contributed by atoms with E-state index in [-0.39, 0.29) is 6.04 Å². The highest BCUT2D eigenvalue weighted by atomic mass is 16.5. The zero-order valence-corrected chi connectivity index (χ0v) is 20.7. The van der Waals surface area contributed by atoms with Gasteiger partial charge in [-0.15, -0.1) is 0 Å². The second kappa shape index (κ2) is 11.1. The highest BCUT2D eigenvalue weighted by molar-refractivity contribution is 5.91. The lowest BCUT2D eigenvalue weighted by Crippen LogP contribution is -2.35. The first-order chi connectivity index (χ1) is 18.2. The van der Waals surface area contributed by atoms with Crippen molar-refractivity contribution >= 4 is 40.4 Å². The quantitative estimate of drug-likeness (QED) is 0.254. The van der Waals surface area contributed by atoms with Crippen LogP contribution in [-0.4, -0.2) is 70.2 Å². The Labute approximate surface area is 214 Å². The number of imidazole rings is 1. The zero-order valence-electron chi connectivity index (χ0n) is 20.7. The maximum absolute atomic E-state index is 11.7. The fourth-order valence-electron chi connectivity index (χ4n) is 4.85. The molecule has 3 heterocycles. The number of aromatic amines is 1. The third-order valence-corrected chi connectivity index (χ3v) is 6.60. The van der Waals surface area contributed by atoms with Crippen molar-refractivity contribution in [2.75, 3.05) is 31.6 Å². The number of allylic oxidation sites excluding steroid dienone is 1. The number of anilines is 1. The van der Waals surface area contributed by atoms with Gasteiger partial charge in [-0.25, -0.2) is 15.0 Å². The summed E-state index contributed by atoms with van der Waals surface area (Å²) in [5, 5.41) is 2.05. The number of nitrogens with one attached hydrogen (secondary N) is 1. The predicted octanol–water partition coefficient (Wildman–Crippen LogP) is 3.06. The van der Waals surface area contributed by atoms with Crippen LogP contribution < -0.4 is 15.4 Å². The van der Waals surface area contributed by atoms with Crippen molar-refractivity contribution in [2.24, 2.45) is 10.7 Å². The molecule has 0 spiro atoms. The lowest BCUT2D eigenvalue weighted by molar-refractivity contribution is -0.118. The summed E-state index contributed by atoms with van der Waals surface area (Å²) in [5.41, 5.74) is 9.14. The molecule has 0 aliphatic carbocycles. The van der Waals surface area contributed by atoms with Gasteiger partial charge in [0.05, 0.1) is 18.9 Å². The number of hydrogen-bond donors (Lipinski definition) is 2. The van der Waals surface area contributed by atoms with E-state index in [1.165, 1.54) is 0 Å². The van der Waals surface area contributed by atoms with E-state index in [0.29, 0.717) is 31.0 Å². The summed E-state index contributed by atoms with van der Waals surface area (Å²) in [4.78, 5) is 35.8. The molecule has 1 aliphatic heterocycles. The van der Waals surface area contributed by atoms with Crippen molar-refractivity contribution in [1.82, 2.24) is 24.8 Å². The summed E-state index contributed by atoms with van der Waals surface area (Å²) in [6.07, 6.45) is 9.43. The van der Waals surface area contributed by atoms with Crippen LogP contribution in [0.5, 0.6) is 5.75 Å². The third-order valence-electron chi connectivity index (χ3n) is 6.60. The van der Waals surface area contributed by atoms with Crippen LogP contribution in [0.25, 0.3) is 21.9 Å². The highest BCUT2D eigenvalue weighted by Crippen LogP contribution is 2.32. The minimum atomic E-state index is 0.187. The number of carbonyl (C=O) groups excluding carboxylic acids is 1. The molecule has 4 aromatic rings. The van der Waals surface area contributed by atoms with Crippen LogP contribution in [0.4, 0.5) is 5.82 Å². The molecule has 37 heavy (non-hydrogen) atoms. The molecule has 0 bridgehead atoms. The van der Waals surface area contributed by atoms with Gasteiger partial charge in [-0.05, 0) is 35.9 Å². The van der Waals surface area contributed by atoms with Gasteiger partial charge in [-0.2, -0.15) is 0 Å². The molecule has 0 unspecified atom stereocenters. The first-order valence-corrected chi connectivity index (χ1v) is 12.3. The maximum Gasteiger partial charge on any atom is 0.210 e. The smallest absolute Gasteiger partial charge is 0.210 e. The molecule has 1 aliphatic rings. The molecule has 0 radical (unpaired) electrons. The number of amides is 1. The van der Waals surface area contributed by atoms with Crippen molar-refractivity contribution in [3.05, 3.63) is 66.4 Å². The van der Waals surface area contributed by atoms with E-state index in [9.17, 15) is 4.79 Å². The summed E-state index contributed by atoms with van der Waals surface area (Å²) >= 11 is 0. The molecule has 1 atom stereocenters. The van der Waals surface area contributed by atoms with Gasteiger partial charge in [0.2, 0.25) is 6.41 Å². The Bertz CT molecular complexity index is 1450. The molecular weight excluding hydrogens is 468 g/mol. The molecule has 10 heteroatoms. The fourth-order valence-corrected chi connectivity index (χ4v) is 4.85. The van der Waals surface area contributed by atoms with Gasteiger partial charge in [0.1, 0.15) is 24.2 Å². The number of nitrogens with two attached hydrogens (primary N) is 1. The topological polar surface area (TPSA) is 126 Å². The van der Waals surface area contributed by atoms with Gasteiger partial charge in [-0.1, -0.05) is 30.3 Å². The van der Waals surface area contributed by atoms with Crippen LogP contribution in [0.2, 0.25) is 0 Å². The van der Waals surface area contributed by atoms with Crippen LogP contribution in [0.1, 0.15) is 18.4 Å². The van der Waals surface area contributed by atoms with Crippen molar-refractivity contribution in [1.29, 1.82) is 0 Å². The first kappa shape index (κ1) is 24.2. The first-order valence-electron chi connectivity index (χ1n) is 12.3. The second-order valence-electron chi connectivity index (χ2n) is 9.03. The largest absolute Gasteiger partial charge is 0.491 e. The molecule has 3 N–H and O–H groups in total. The molecular formula is C27H30N8O2. The Morgan fingerprint density at radius 2 is 2.11 bits per heavy atom. The van der Waals surface area contributed by atoms with Gasteiger partial charge < -0.3 is 25.3 Å². The number of fused-ring (bicyclic) bond motifs is 2. The van der Waals surface area contributed by atoms with Gasteiger partial charge in [-0.3, -0.25) is 9.79 Å². The van der Waals surface area contributed by atoms with Gasteiger partial charge in [0.15, 0.2) is 11.5 Å². The van der Waals surface area contributed by atoms with E-state index in [1.807, 2.05) is 24.3 Å². The minimum Gasteiger partial charge on any atom is -0.491 e. The van der Waals surface area contributed by atoms with Crippen LogP contribution in [-0.2, 0) is 11.3 Å². The van der Waals surface area contributed by atoms with E-state index in [0.717, 1.165) is 59.2 Å².